The summed E-state index contributed by atoms with van der Waals surface area (Å²) >= 11 is 0. The first-order valence-electron chi connectivity index (χ1n) is 15.3. The molecule has 0 radical (unpaired) electrons. The predicted molar refractivity (Wildman–Crippen MR) is 168 cm³/mol. The average molecular weight is 570 g/mol. The second-order valence-corrected chi connectivity index (χ2v) is 11.2. The van der Waals surface area contributed by atoms with Gasteiger partial charge in [-0.05, 0) is 109 Å². The Hall–Kier alpha value is -3.68. The maximum atomic E-state index is 12.8. The van der Waals surface area contributed by atoms with E-state index in [2.05, 4.69) is 53.5 Å². The highest BCUT2D eigenvalue weighted by molar-refractivity contribution is 6.00. The molecule has 0 saturated heterocycles. The minimum Gasteiger partial charge on any atom is -0.494 e. The van der Waals surface area contributed by atoms with E-state index in [1.54, 1.807) is 7.11 Å². The molecule has 7 heteroatoms. The van der Waals surface area contributed by atoms with Crippen molar-refractivity contribution in [2.75, 3.05) is 26.9 Å². The van der Waals surface area contributed by atoms with Crippen molar-refractivity contribution in [2.45, 2.75) is 65.0 Å². The van der Waals surface area contributed by atoms with Crippen LogP contribution in [0.1, 0.15) is 73.5 Å². The third-order valence-electron chi connectivity index (χ3n) is 8.36. The van der Waals surface area contributed by atoms with Gasteiger partial charge in [0.25, 0.3) is 5.91 Å². The second-order valence-electron chi connectivity index (χ2n) is 11.2. The molecule has 1 aliphatic rings. The first-order chi connectivity index (χ1) is 20.5. The summed E-state index contributed by atoms with van der Waals surface area (Å²) in [5, 5.41) is 22.5. The zero-order chi connectivity index (χ0) is 29.5. The van der Waals surface area contributed by atoms with Crippen molar-refractivity contribution < 1.29 is 19.4 Å². The molecular formula is C35H43N3O4. The van der Waals surface area contributed by atoms with Crippen LogP contribution in [0.5, 0.6) is 5.75 Å². The van der Waals surface area contributed by atoms with Gasteiger partial charge < -0.3 is 19.9 Å². The number of aliphatic hydroxyl groups excluding tert-OH is 1. The minimum absolute atomic E-state index is 0.0712. The van der Waals surface area contributed by atoms with E-state index in [1.807, 2.05) is 31.2 Å². The van der Waals surface area contributed by atoms with Crippen LogP contribution in [0, 0.1) is 5.92 Å². The fourth-order valence-electron chi connectivity index (χ4n) is 6.14. The van der Waals surface area contributed by atoms with Gasteiger partial charge >= 0.3 is 0 Å². The van der Waals surface area contributed by atoms with E-state index in [0.29, 0.717) is 31.2 Å². The van der Waals surface area contributed by atoms with Crippen molar-refractivity contribution in [3.8, 4) is 5.75 Å². The van der Waals surface area contributed by atoms with Gasteiger partial charge in [-0.2, -0.15) is 5.10 Å². The van der Waals surface area contributed by atoms with Crippen molar-refractivity contribution in [1.82, 2.24) is 15.1 Å². The van der Waals surface area contributed by atoms with Crippen molar-refractivity contribution in [2.24, 2.45) is 5.92 Å². The van der Waals surface area contributed by atoms with E-state index < -0.39 is 6.10 Å². The fraction of sp³-hybridized carbons (Fsp3) is 0.429. The number of ether oxygens (including phenoxy) is 2. The number of amides is 1. The summed E-state index contributed by atoms with van der Waals surface area (Å²) < 4.78 is 12.8. The Morgan fingerprint density at radius 1 is 1.12 bits per heavy atom. The molecule has 2 atom stereocenters. The molecule has 0 fully saturated rings. The lowest BCUT2D eigenvalue weighted by molar-refractivity contribution is 0.0936. The predicted octanol–water partition coefficient (Wildman–Crippen LogP) is 6.77. The molecule has 4 aromatic rings. The van der Waals surface area contributed by atoms with Crippen molar-refractivity contribution in [3.63, 3.8) is 0 Å². The molecule has 1 heterocycles. The SMILES string of the molecule is CCOc1ccc2cc(C(O)/C3=C/CCCC(Cn4cc5c(CC)c(C(=O)NCCOC)ccc5n4)CC3)ccc2c1. The lowest BCUT2D eigenvalue weighted by Gasteiger charge is -2.23. The Labute approximate surface area is 248 Å². The number of hydrogen-bond donors (Lipinski definition) is 2. The van der Waals surface area contributed by atoms with Gasteiger partial charge in [-0.15, -0.1) is 0 Å². The molecule has 3 aromatic carbocycles. The summed E-state index contributed by atoms with van der Waals surface area (Å²) in [4.78, 5) is 12.8. The average Bonchev–Trinajstić information content (AvgIpc) is 3.40. The van der Waals surface area contributed by atoms with Gasteiger partial charge in [0.15, 0.2) is 0 Å². The number of hydrogen-bond acceptors (Lipinski definition) is 5. The Kier molecular flexibility index (Phi) is 9.93. The van der Waals surface area contributed by atoms with Gasteiger partial charge in [0.1, 0.15) is 11.9 Å². The summed E-state index contributed by atoms with van der Waals surface area (Å²) in [7, 11) is 1.63. The first kappa shape index (κ1) is 29.8. The standard InChI is InChI=1S/C35H43N3O4/c1-4-30-31(35(40)36-18-19-41-3)16-17-33-32(30)23-38(37-33)22-24-8-6-7-9-25(11-10-24)34(39)28-13-12-27-21-29(42-5-2)15-14-26(27)20-28/h9,12-17,20-21,23-24,34,39H,4-8,10-11,18-19,22H2,1-3H3,(H,36,40)/b25-9+. The highest BCUT2D eigenvalue weighted by atomic mass is 16.5. The zero-order valence-corrected chi connectivity index (χ0v) is 25.1. The van der Waals surface area contributed by atoms with Crippen molar-refractivity contribution >= 4 is 27.6 Å². The normalized spacial score (nSPS) is 17.8. The number of carbonyl (C=O) groups excluding carboxylic acids is 1. The summed E-state index contributed by atoms with van der Waals surface area (Å²) in [5.74, 6) is 1.26. The second kappa shape index (κ2) is 14.0. The summed E-state index contributed by atoms with van der Waals surface area (Å²) in [6.45, 7) is 6.51. The number of nitrogens with one attached hydrogen (secondary N) is 1. The summed E-state index contributed by atoms with van der Waals surface area (Å²) in [6.07, 6.45) is 9.55. The monoisotopic (exact) mass is 569 g/mol. The third-order valence-corrected chi connectivity index (χ3v) is 8.36. The van der Waals surface area contributed by atoms with Gasteiger partial charge in [0.2, 0.25) is 0 Å². The number of methoxy groups -OCH3 is 1. The third kappa shape index (κ3) is 6.85. The van der Waals surface area contributed by atoms with Gasteiger partial charge in [0.05, 0.1) is 18.7 Å². The van der Waals surface area contributed by atoms with Crippen molar-refractivity contribution in [3.05, 3.63) is 83.1 Å². The van der Waals surface area contributed by atoms with Crippen LogP contribution in [-0.4, -0.2) is 47.7 Å². The lowest BCUT2D eigenvalue weighted by Crippen LogP contribution is -2.27. The lowest BCUT2D eigenvalue weighted by atomic mass is 9.87. The van der Waals surface area contributed by atoms with Crippen LogP contribution in [-0.2, 0) is 17.7 Å². The van der Waals surface area contributed by atoms with Gasteiger partial charge in [0, 0.05) is 37.3 Å². The molecule has 0 aliphatic heterocycles. The van der Waals surface area contributed by atoms with Crippen LogP contribution >= 0.6 is 0 Å². The van der Waals surface area contributed by atoms with E-state index in [4.69, 9.17) is 14.6 Å². The number of fused-ring (bicyclic) bond motifs is 2. The number of rotatable bonds is 11. The van der Waals surface area contributed by atoms with Crippen LogP contribution in [0.15, 0.2) is 66.4 Å². The maximum Gasteiger partial charge on any atom is 0.251 e. The highest BCUT2D eigenvalue weighted by Crippen LogP contribution is 2.33. The van der Waals surface area contributed by atoms with Crippen LogP contribution in [0.4, 0.5) is 0 Å². The Bertz CT molecular complexity index is 1560. The Balaban J connectivity index is 1.27. The van der Waals surface area contributed by atoms with E-state index >= 15 is 0 Å². The zero-order valence-electron chi connectivity index (χ0n) is 25.1. The van der Waals surface area contributed by atoms with Crippen molar-refractivity contribution in [1.29, 1.82) is 0 Å². The molecular weight excluding hydrogens is 526 g/mol. The van der Waals surface area contributed by atoms with E-state index in [0.717, 1.165) is 89.2 Å². The fourth-order valence-corrected chi connectivity index (χ4v) is 6.14. The number of aryl methyl sites for hydroxylation is 1. The number of carbonyl (C=O) groups is 1. The minimum atomic E-state index is -0.604. The molecule has 1 aliphatic carbocycles. The van der Waals surface area contributed by atoms with Crippen LogP contribution in [0.2, 0.25) is 0 Å². The quantitative estimate of drug-likeness (QED) is 0.154. The summed E-state index contributed by atoms with van der Waals surface area (Å²) in [5.41, 5.74) is 4.70. The molecule has 5 rings (SSSR count). The molecule has 0 spiro atoms. The van der Waals surface area contributed by atoms with E-state index in [9.17, 15) is 9.90 Å². The van der Waals surface area contributed by atoms with E-state index in [1.165, 1.54) is 0 Å². The smallest absolute Gasteiger partial charge is 0.251 e. The largest absolute Gasteiger partial charge is 0.494 e. The molecule has 7 nitrogen and oxygen atoms in total. The number of benzene rings is 3. The number of allylic oxidation sites excluding steroid dienone is 1. The maximum absolute atomic E-state index is 12.8. The summed E-state index contributed by atoms with van der Waals surface area (Å²) in [6, 6.07) is 16.1. The number of nitrogens with zero attached hydrogens (tertiary/aromatic N) is 2. The molecule has 2 unspecified atom stereocenters. The molecule has 1 aromatic heterocycles. The van der Waals surface area contributed by atoms with Crippen LogP contribution in [0.3, 0.4) is 0 Å². The number of aliphatic hydroxyl groups is 1. The van der Waals surface area contributed by atoms with E-state index in [-0.39, 0.29) is 5.91 Å². The Morgan fingerprint density at radius 2 is 1.95 bits per heavy atom. The van der Waals surface area contributed by atoms with Crippen LogP contribution in [0.25, 0.3) is 21.7 Å². The van der Waals surface area contributed by atoms with Gasteiger partial charge in [-0.1, -0.05) is 31.2 Å². The number of aromatic nitrogens is 2. The van der Waals surface area contributed by atoms with Gasteiger partial charge in [-0.3, -0.25) is 9.48 Å². The molecule has 0 saturated carbocycles. The molecule has 2 N–H and O–H groups in total. The topological polar surface area (TPSA) is 85.6 Å². The van der Waals surface area contributed by atoms with Gasteiger partial charge in [-0.25, -0.2) is 0 Å². The molecule has 1 amide bonds. The molecule has 0 bridgehead atoms. The van der Waals surface area contributed by atoms with Crippen LogP contribution < -0.4 is 10.1 Å². The highest BCUT2D eigenvalue weighted by Gasteiger charge is 2.21. The Morgan fingerprint density at radius 3 is 2.76 bits per heavy atom. The molecule has 42 heavy (non-hydrogen) atoms. The molecule has 222 valence electrons. The first-order valence-corrected chi connectivity index (χ1v) is 15.3.